The molecule has 2 aromatic rings. The lowest BCUT2D eigenvalue weighted by molar-refractivity contribution is 0.418. The van der Waals surface area contributed by atoms with E-state index in [9.17, 15) is 0 Å². The fraction of sp³-hybridized carbons (Fsp3) is 0.500. The Hall–Kier alpha value is -1.88. The molecule has 0 amide bonds. The van der Waals surface area contributed by atoms with Crippen molar-refractivity contribution in [1.82, 2.24) is 15.5 Å². The fourth-order valence-electron chi connectivity index (χ4n) is 2.18. The number of aromatic nitrogens is 2. The van der Waals surface area contributed by atoms with Gasteiger partial charge in [0.25, 0.3) is 0 Å². The summed E-state index contributed by atoms with van der Waals surface area (Å²) in [6, 6.07) is 8.90. The molecule has 5 nitrogen and oxygen atoms in total. The minimum absolute atomic E-state index is 0.0717. The first-order chi connectivity index (χ1) is 10.2. The second kappa shape index (κ2) is 7.22. The summed E-state index contributed by atoms with van der Waals surface area (Å²) in [5.41, 5.74) is 2.28. The van der Waals surface area contributed by atoms with Crippen LogP contribution in [-0.4, -0.2) is 23.3 Å². The topological polar surface area (TPSA) is 54.2 Å². The van der Waals surface area contributed by atoms with Crippen molar-refractivity contribution in [1.29, 1.82) is 0 Å². The highest BCUT2D eigenvalue weighted by molar-refractivity contribution is 5.56. The van der Waals surface area contributed by atoms with Crippen molar-refractivity contribution >= 4 is 11.7 Å². The van der Waals surface area contributed by atoms with Crippen molar-refractivity contribution in [2.24, 2.45) is 0 Å². The van der Waals surface area contributed by atoms with Crippen LogP contribution in [0.4, 0.5) is 11.7 Å². The van der Waals surface area contributed by atoms with Crippen LogP contribution in [0.15, 0.2) is 28.7 Å². The van der Waals surface area contributed by atoms with Crippen LogP contribution in [0.25, 0.3) is 0 Å². The van der Waals surface area contributed by atoms with Crippen molar-refractivity contribution in [3.05, 3.63) is 35.7 Å². The molecular weight excluding hydrogens is 264 g/mol. The first-order valence-electron chi connectivity index (χ1n) is 7.56. The highest BCUT2D eigenvalue weighted by atomic mass is 16.4. The minimum atomic E-state index is 0.0717. The third kappa shape index (κ3) is 3.82. The number of anilines is 2. The average Bonchev–Trinajstić information content (AvgIpc) is 2.95. The highest BCUT2D eigenvalue weighted by Gasteiger charge is 2.18. The zero-order valence-electron chi connectivity index (χ0n) is 13.3. The molecule has 0 radical (unpaired) electrons. The lowest BCUT2D eigenvalue weighted by Crippen LogP contribution is -2.19. The van der Waals surface area contributed by atoms with E-state index in [-0.39, 0.29) is 6.04 Å². The number of nitrogens with one attached hydrogen (secondary N) is 1. The summed E-state index contributed by atoms with van der Waals surface area (Å²) in [6.07, 6.45) is 1.08. The Bertz CT molecular complexity index is 567. The molecule has 0 bridgehead atoms. The SMILES string of the molecule is CCCNC(C)c1nnc(N(CC)c2cccc(C)c2)o1. The lowest BCUT2D eigenvalue weighted by atomic mass is 10.2. The molecule has 1 aromatic heterocycles. The van der Waals surface area contributed by atoms with Gasteiger partial charge in [-0.15, -0.1) is 5.10 Å². The molecule has 0 saturated heterocycles. The van der Waals surface area contributed by atoms with Gasteiger partial charge in [0.05, 0.1) is 6.04 Å². The van der Waals surface area contributed by atoms with Crippen LogP contribution >= 0.6 is 0 Å². The zero-order chi connectivity index (χ0) is 15.2. The summed E-state index contributed by atoms with van der Waals surface area (Å²) in [5.74, 6) is 0.629. The molecule has 0 saturated carbocycles. The standard InChI is InChI=1S/C16H24N4O/c1-5-10-17-13(4)15-18-19-16(21-15)20(6-2)14-9-7-8-12(3)11-14/h7-9,11,13,17H,5-6,10H2,1-4H3. The third-order valence-electron chi connectivity index (χ3n) is 3.36. The van der Waals surface area contributed by atoms with Gasteiger partial charge in [0.1, 0.15) is 0 Å². The third-order valence-corrected chi connectivity index (χ3v) is 3.36. The number of hydrogen-bond acceptors (Lipinski definition) is 5. The van der Waals surface area contributed by atoms with Crippen LogP contribution in [-0.2, 0) is 0 Å². The molecule has 0 aliphatic carbocycles. The monoisotopic (exact) mass is 288 g/mol. The maximum atomic E-state index is 5.83. The number of hydrogen-bond donors (Lipinski definition) is 1. The summed E-state index contributed by atoms with van der Waals surface area (Å²) in [5, 5.41) is 11.7. The molecule has 1 unspecified atom stereocenters. The Balaban J connectivity index is 2.18. The molecule has 2 rings (SSSR count). The van der Waals surface area contributed by atoms with E-state index in [1.165, 1.54) is 5.56 Å². The predicted octanol–water partition coefficient (Wildman–Crippen LogP) is 3.60. The van der Waals surface area contributed by atoms with Crippen molar-refractivity contribution in [2.75, 3.05) is 18.0 Å². The van der Waals surface area contributed by atoms with E-state index in [2.05, 4.69) is 54.5 Å². The quantitative estimate of drug-likeness (QED) is 0.843. The minimum Gasteiger partial charge on any atom is -0.406 e. The van der Waals surface area contributed by atoms with Gasteiger partial charge in [-0.2, -0.15) is 0 Å². The summed E-state index contributed by atoms with van der Waals surface area (Å²) in [6.45, 7) is 10.0. The van der Waals surface area contributed by atoms with Crippen molar-refractivity contribution in [3.63, 3.8) is 0 Å². The maximum absolute atomic E-state index is 5.83. The Kier molecular flexibility index (Phi) is 5.33. The number of benzene rings is 1. The number of rotatable bonds is 7. The van der Waals surface area contributed by atoms with Crippen molar-refractivity contribution < 1.29 is 4.42 Å². The van der Waals surface area contributed by atoms with E-state index in [0.29, 0.717) is 11.9 Å². The van der Waals surface area contributed by atoms with Gasteiger partial charge in [0.2, 0.25) is 5.89 Å². The first kappa shape index (κ1) is 15.5. The van der Waals surface area contributed by atoms with E-state index in [1.807, 2.05) is 17.9 Å². The molecule has 0 fully saturated rings. The van der Waals surface area contributed by atoms with E-state index >= 15 is 0 Å². The van der Waals surface area contributed by atoms with E-state index < -0.39 is 0 Å². The summed E-state index contributed by atoms with van der Waals surface area (Å²) in [4.78, 5) is 2.02. The molecule has 1 N–H and O–H groups in total. The summed E-state index contributed by atoms with van der Waals surface area (Å²) < 4.78 is 5.83. The van der Waals surface area contributed by atoms with Crippen LogP contribution in [0, 0.1) is 6.92 Å². The van der Waals surface area contributed by atoms with Gasteiger partial charge in [-0.3, -0.25) is 4.90 Å². The largest absolute Gasteiger partial charge is 0.406 e. The zero-order valence-corrected chi connectivity index (χ0v) is 13.3. The van der Waals surface area contributed by atoms with E-state index in [4.69, 9.17) is 4.42 Å². The summed E-state index contributed by atoms with van der Waals surface area (Å²) in [7, 11) is 0. The second-order valence-corrected chi connectivity index (χ2v) is 5.18. The van der Waals surface area contributed by atoms with Gasteiger partial charge in [0, 0.05) is 12.2 Å². The molecule has 0 spiro atoms. The Morgan fingerprint density at radius 3 is 2.76 bits per heavy atom. The molecule has 1 heterocycles. The van der Waals surface area contributed by atoms with E-state index in [0.717, 1.165) is 25.2 Å². The van der Waals surface area contributed by atoms with Gasteiger partial charge in [-0.1, -0.05) is 24.2 Å². The molecule has 5 heteroatoms. The second-order valence-electron chi connectivity index (χ2n) is 5.18. The molecule has 0 aliphatic heterocycles. The fourth-order valence-corrected chi connectivity index (χ4v) is 2.18. The average molecular weight is 288 g/mol. The van der Waals surface area contributed by atoms with Gasteiger partial charge < -0.3 is 9.73 Å². The normalized spacial score (nSPS) is 12.4. The van der Waals surface area contributed by atoms with Gasteiger partial charge in [0.15, 0.2) is 0 Å². The predicted molar refractivity (Wildman–Crippen MR) is 84.9 cm³/mol. The Morgan fingerprint density at radius 1 is 1.29 bits per heavy atom. The first-order valence-corrected chi connectivity index (χ1v) is 7.56. The number of aryl methyl sites for hydroxylation is 1. The van der Waals surface area contributed by atoms with Crippen LogP contribution in [0.1, 0.15) is 44.7 Å². The molecule has 1 atom stereocenters. The van der Waals surface area contributed by atoms with Gasteiger partial charge in [-0.05, 0) is 51.4 Å². The van der Waals surface area contributed by atoms with Crippen molar-refractivity contribution in [3.8, 4) is 0 Å². The van der Waals surface area contributed by atoms with Crippen LogP contribution in [0.5, 0.6) is 0 Å². The highest BCUT2D eigenvalue weighted by Crippen LogP contribution is 2.25. The van der Waals surface area contributed by atoms with Crippen LogP contribution in [0.3, 0.4) is 0 Å². The Labute approximate surface area is 126 Å². The van der Waals surface area contributed by atoms with Crippen molar-refractivity contribution in [2.45, 2.75) is 40.2 Å². The molecular formula is C16H24N4O. The smallest absolute Gasteiger partial charge is 0.322 e. The van der Waals surface area contributed by atoms with Gasteiger partial charge in [-0.25, -0.2) is 0 Å². The maximum Gasteiger partial charge on any atom is 0.322 e. The van der Waals surface area contributed by atoms with Crippen LogP contribution < -0.4 is 10.2 Å². The Morgan fingerprint density at radius 2 is 2.10 bits per heavy atom. The number of nitrogens with zero attached hydrogens (tertiary/aromatic N) is 3. The molecule has 1 aromatic carbocycles. The lowest BCUT2D eigenvalue weighted by Gasteiger charge is -2.18. The molecule has 0 aliphatic rings. The summed E-state index contributed by atoms with van der Waals surface area (Å²) >= 11 is 0. The molecule has 114 valence electrons. The molecule has 21 heavy (non-hydrogen) atoms. The van der Waals surface area contributed by atoms with E-state index in [1.54, 1.807) is 0 Å². The van der Waals surface area contributed by atoms with Crippen LogP contribution in [0.2, 0.25) is 0 Å². The van der Waals surface area contributed by atoms with Gasteiger partial charge >= 0.3 is 6.01 Å².